The predicted molar refractivity (Wildman–Crippen MR) is 57.5 cm³/mol. The monoisotopic (exact) mass is 205 g/mol. The molecular formula is C12H15NO2. The van der Waals surface area contributed by atoms with Gasteiger partial charge < -0.3 is 4.74 Å². The van der Waals surface area contributed by atoms with E-state index < -0.39 is 0 Å². The molecule has 0 saturated carbocycles. The molecule has 0 aliphatic carbocycles. The van der Waals surface area contributed by atoms with Crippen LogP contribution in [0.1, 0.15) is 24.1 Å². The van der Waals surface area contributed by atoms with Gasteiger partial charge in [-0.05, 0) is 25.0 Å². The van der Waals surface area contributed by atoms with Gasteiger partial charge in [0.15, 0.2) is 0 Å². The van der Waals surface area contributed by atoms with Crippen molar-refractivity contribution in [1.29, 1.82) is 0 Å². The summed E-state index contributed by atoms with van der Waals surface area (Å²) < 4.78 is 4.96. The van der Waals surface area contributed by atoms with E-state index in [1.165, 1.54) is 11.1 Å². The Labute approximate surface area is 89.4 Å². The van der Waals surface area contributed by atoms with E-state index in [2.05, 4.69) is 18.3 Å². The molecule has 0 spiro atoms. The van der Waals surface area contributed by atoms with Crippen molar-refractivity contribution in [2.24, 2.45) is 0 Å². The van der Waals surface area contributed by atoms with Crippen molar-refractivity contribution >= 4 is 5.97 Å². The summed E-state index contributed by atoms with van der Waals surface area (Å²) in [5.74, 6) is -0.147. The van der Waals surface area contributed by atoms with E-state index in [-0.39, 0.29) is 18.1 Å². The maximum Gasteiger partial charge on any atom is 0.325 e. The SMILES string of the molecule is CCOC(=O)[C@@H]1N[C@@H]1c1ccccc1C. The van der Waals surface area contributed by atoms with E-state index in [4.69, 9.17) is 4.74 Å². The minimum absolute atomic E-state index is 0.144. The zero-order chi connectivity index (χ0) is 10.8. The topological polar surface area (TPSA) is 48.2 Å². The molecule has 0 aromatic heterocycles. The lowest BCUT2D eigenvalue weighted by Crippen LogP contribution is -2.13. The summed E-state index contributed by atoms with van der Waals surface area (Å²) in [7, 11) is 0. The molecule has 1 aromatic rings. The lowest BCUT2D eigenvalue weighted by atomic mass is 10.0. The smallest absolute Gasteiger partial charge is 0.325 e. The number of hydrogen-bond acceptors (Lipinski definition) is 3. The Bertz CT molecular complexity index is 376. The quantitative estimate of drug-likeness (QED) is 0.602. The first-order valence-electron chi connectivity index (χ1n) is 5.22. The van der Waals surface area contributed by atoms with Gasteiger partial charge in [-0.1, -0.05) is 24.3 Å². The average Bonchev–Trinajstić information content (AvgIpc) is 2.98. The van der Waals surface area contributed by atoms with Gasteiger partial charge in [0.05, 0.1) is 12.6 Å². The normalized spacial score (nSPS) is 23.6. The van der Waals surface area contributed by atoms with E-state index in [9.17, 15) is 4.79 Å². The summed E-state index contributed by atoms with van der Waals surface area (Å²) in [5.41, 5.74) is 2.40. The molecule has 2 rings (SSSR count). The Morgan fingerprint density at radius 2 is 2.20 bits per heavy atom. The molecule has 80 valence electrons. The van der Waals surface area contributed by atoms with E-state index >= 15 is 0 Å². The molecule has 0 unspecified atom stereocenters. The Hall–Kier alpha value is -1.35. The van der Waals surface area contributed by atoms with Gasteiger partial charge in [0.1, 0.15) is 6.04 Å². The van der Waals surface area contributed by atoms with Crippen LogP contribution in [0.5, 0.6) is 0 Å². The zero-order valence-corrected chi connectivity index (χ0v) is 8.99. The molecule has 1 heterocycles. The minimum atomic E-state index is -0.147. The van der Waals surface area contributed by atoms with Crippen molar-refractivity contribution in [2.75, 3.05) is 6.61 Å². The second kappa shape index (κ2) is 4.03. The molecule has 1 N–H and O–H groups in total. The van der Waals surface area contributed by atoms with Crippen molar-refractivity contribution in [3.8, 4) is 0 Å². The van der Waals surface area contributed by atoms with E-state index in [1.54, 1.807) is 0 Å². The first-order chi connectivity index (χ1) is 7.24. The number of carbonyl (C=O) groups is 1. The van der Waals surface area contributed by atoms with Crippen LogP contribution in [0.3, 0.4) is 0 Å². The average molecular weight is 205 g/mol. The summed E-state index contributed by atoms with van der Waals surface area (Å²) >= 11 is 0. The maximum atomic E-state index is 11.4. The third kappa shape index (κ3) is 2.02. The molecule has 0 amide bonds. The lowest BCUT2D eigenvalue weighted by molar-refractivity contribution is -0.142. The Balaban J connectivity index is 2.05. The fourth-order valence-corrected chi connectivity index (χ4v) is 1.78. The second-order valence-electron chi connectivity index (χ2n) is 3.73. The third-order valence-corrected chi connectivity index (χ3v) is 2.65. The van der Waals surface area contributed by atoms with Gasteiger partial charge >= 0.3 is 5.97 Å². The molecule has 1 fully saturated rings. The van der Waals surface area contributed by atoms with Crippen LogP contribution < -0.4 is 5.32 Å². The van der Waals surface area contributed by atoms with Crippen LogP contribution in [0.15, 0.2) is 24.3 Å². The first kappa shape index (κ1) is 10.2. The molecule has 1 aliphatic rings. The maximum absolute atomic E-state index is 11.4. The van der Waals surface area contributed by atoms with Gasteiger partial charge in [0, 0.05) is 0 Å². The molecule has 3 nitrogen and oxygen atoms in total. The third-order valence-electron chi connectivity index (χ3n) is 2.65. The summed E-state index contributed by atoms with van der Waals surface area (Å²) in [5, 5.41) is 3.14. The molecule has 1 aromatic carbocycles. The Morgan fingerprint density at radius 3 is 2.87 bits per heavy atom. The standard InChI is InChI=1S/C12H15NO2/c1-3-15-12(14)11-10(13-11)9-7-5-4-6-8(9)2/h4-7,10-11,13H,3H2,1-2H3/t10-,11-/m1/s1. The zero-order valence-electron chi connectivity index (χ0n) is 8.99. The van der Waals surface area contributed by atoms with Gasteiger partial charge in [-0.25, -0.2) is 0 Å². The van der Waals surface area contributed by atoms with Crippen molar-refractivity contribution in [3.63, 3.8) is 0 Å². The van der Waals surface area contributed by atoms with E-state index in [0.717, 1.165) is 0 Å². The van der Waals surface area contributed by atoms with Gasteiger partial charge in [0.2, 0.25) is 0 Å². The van der Waals surface area contributed by atoms with E-state index in [1.807, 2.05) is 25.1 Å². The highest BCUT2D eigenvalue weighted by atomic mass is 16.5. The molecule has 15 heavy (non-hydrogen) atoms. The number of nitrogens with one attached hydrogen (secondary N) is 1. The van der Waals surface area contributed by atoms with Crippen LogP contribution in [0.4, 0.5) is 0 Å². The highest BCUT2D eigenvalue weighted by Crippen LogP contribution is 2.32. The number of aryl methyl sites for hydroxylation is 1. The number of ether oxygens (including phenoxy) is 1. The van der Waals surface area contributed by atoms with Crippen LogP contribution in [-0.4, -0.2) is 18.6 Å². The number of esters is 1. The van der Waals surface area contributed by atoms with Crippen LogP contribution in [0, 0.1) is 6.92 Å². The van der Waals surface area contributed by atoms with Crippen LogP contribution in [0.25, 0.3) is 0 Å². The predicted octanol–water partition coefficient (Wildman–Crippen LogP) is 1.57. The van der Waals surface area contributed by atoms with Gasteiger partial charge in [-0.3, -0.25) is 10.1 Å². The molecule has 3 heteroatoms. The fraction of sp³-hybridized carbons (Fsp3) is 0.417. The summed E-state index contributed by atoms with van der Waals surface area (Å²) in [6.45, 7) is 4.32. The highest BCUT2D eigenvalue weighted by Gasteiger charge is 2.44. The van der Waals surface area contributed by atoms with Gasteiger partial charge in [-0.15, -0.1) is 0 Å². The highest BCUT2D eigenvalue weighted by molar-refractivity contribution is 5.80. The van der Waals surface area contributed by atoms with Crippen molar-refractivity contribution in [3.05, 3.63) is 35.4 Å². The Kier molecular flexibility index (Phi) is 2.73. The van der Waals surface area contributed by atoms with Gasteiger partial charge in [-0.2, -0.15) is 0 Å². The van der Waals surface area contributed by atoms with Crippen LogP contribution in [0.2, 0.25) is 0 Å². The Morgan fingerprint density at radius 1 is 1.47 bits per heavy atom. The van der Waals surface area contributed by atoms with Crippen molar-refractivity contribution < 1.29 is 9.53 Å². The molecule has 0 radical (unpaired) electrons. The fourth-order valence-electron chi connectivity index (χ4n) is 1.78. The summed E-state index contributed by atoms with van der Waals surface area (Å²) in [6, 6.07) is 8.09. The van der Waals surface area contributed by atoms with Crippen LogP contribution in [-0.2, 0) is 9.53 Å². The summed E-state index contributed by atoms with van der Waals surface area (Å²) in [6.07, 6.45) is 0. The second-order valence-corrected chi connectivity index (χ2v) is 3.73. The largest absolute Gasteiger partial charge is 0.465 e. The minimum Gasteiger partial charge on any atom is -0.465 e. The number of carbonyl (C=O) groups excluding carboxylic acids is 1. The van der Waals surface area contributed by atoms with E-state index in [0.29, 0.717) is 6.61 Å². The van der Waals surface area contributed by atoms with Gasteiger partial charge in [0.25, 0.3) is 0 Å². The van der Waals surface area contributed by atoms with Crippen molar-refractivity contribution in [2.45, 2.75) is 25.9 Å². The molecule has 1 aliphatic heterocycles. The van der Waals surface area contributed by atoms with Crippen LogP contribution >= 0.6 is 0 Å². The number of rotatable bonds is 3. The molecule has 1 saturated heterocycles. The van der Waals surface area contributed by atoms with Crippen molar-refractivity contribution in [1.82, 2.24) is 5.32 Å². The lowest BCUT2D eigenvalue weighted by Gasteiger charge is -2.02. The number of benzene rings is 1. The first-order valence-corrected chi connectivity index (χ1v) is 5.22. The summed E-state index contributed by atoms with van der Waals surface area (Å²) in [4.78, 5) is 11.4. The molecule has 0 bridgehead atoms. The molecular weight excluding hydrogens is 190 g/mol. The molecule has 2 atom stereocenters. The number of hydrogen-bond donors (Lipinski definition) is 1.